The number of benzene rings is 2. The Morgan fingerprint density at radius 2 is 1.68 bits per heavy atom. The van der Waals surface area contributed by atoms with Crippen LogP contribution in [0.4, 0.5) is 4.39 Å². The van der Waals surface area contributed by atoms with Crippen LogP contribution in [-0.2, 0) is 27.3 Å². The molecule has 0 fully saturated rings. The predicted molar refractivity (Wildman–Crippen MR) is 90.5 cm³/mol. The summed E-state index contributed by atoms with van der Waals surface area (Å²) in [7, 11) is 0. The van der Waals surface area contributed by atoms with E-state index in [1.165, 1.54) is 6.07 Å². The molecule has 0 aliphatic rings. The van der Waals surface area contributed by atoms with Gasteiger partial charge in [0, 0.05) is 12.1 Å². The summed E-state index contributed by atoms with van der Waals surface area (Å²) >= 11 is 0. The van der Waals surface area contributed by atoms with Gasteiger partial charge in [0.05, 0.1) is 0 Å². The summed E-state index contributed by atoms with van der Waals surface area (Å²) in [4.78, 5) is 23.3. The molecule has 2 aromatic rings. The smallest absolute Gasteiger partial charge is 0.344 e. The molecule has 0 saturated heterocycles. The van der Waals surface area contributed by atoms with Gasteiger partial charge < -0.3 is 14.8 Å². The van der Waals surface area contributed by atoms with Crippen molar-refractivity contribution in [1.29, 1.82) is 0 Å². The number of carbonyl (C=O) groups is 2. The fourth-order valence-corrected chi connectivity index (χ4v) is 2.15. The van der Waals surface area contributed by atoms with E-state index in [1.807, 2.05) is 25.1 Å². The van der Waals surface area contributed by atoms with Crippen LogP contribution in [0.15, 0.2) is 48.5 Å². The van der Waals surface area contributed by atoms with Crippen molar-refractivity contribution >= 4 is 11.9 Å². The van der Waals surface area contributed by atoms with Crippen LogP contribution in [0, 0.1) is 5.82 Å². The number of ether oxygens (including phenoxy) is 2. The van der Waals surface area contributed by atoms with Crippen molar-refractivity contribution in [2.75, 3.05) is 13.2 Å². The van der Waals surface area contributed by atoms with E-state index in [1.54, 1.807) is 24.3 Å². The Kier molecular flexibility index (Phi) is 6.95. The Hall–Kier alpha value is -2.89. The highest BCUT2D eigenvalue weighted by Crippen LogP contribution is 2.18. The van der Waals surface area contributed by atoms with E-state index in [4.69, 9.17) is 9.47 Å². The zero-order chi connectivity index (χ0) is 18.1. The molecule has 25 heavy (non-hydrogen) atoms. The first-order valence-corrected chi connectivity index (χ1v) is 7.96. The molecular formula is C19H20FNO4. The summed E-state index contributed by atoms with van der Waals surface area (Å²) in [5, 5.41) is 2.49. The molecule has 0 radical (unpaired) electrons. The number of hydrogen-bond donors (Lipinski definition) is 1. The number of hydrogen-bond acceptors (Lipinski definition) is 4. The van der Waals surface area contributed by atoms with Crippen LogP contribution in [0.1, 0.15) is 18.1 Å². The quantitative estimate of drug-likeness (QED) is 0.747. The van der Waals surface area contributed by atoms with E-state index >= 15 is 0 Å². The van der Waals surface area contributed by atoms with Gasteiger partial charge in [-0.2, -0.15) is 0 Å². The van der Waals surface area contributed by atoms with Crippen molar-refractivity contribution in [1.82, 2.24) is 5.32 Å². The highest BCUT2D eigenvalue weighted by Gasteiger charge is 2.10. The van der Waals surface area contributed by atoms with Crippen molar-refractivity contribution in [2.45, 2.75) is 19.9 Å². The largest absolute Gasteiger partial charge is 0.482 e. The van der Waals surface area contributed by atoms with Crippen LogP contribution in [0.5, 0.6) is 5.75 Å². The fraction of sp³-hybridized carbons (Fsp3) is 0.263. The van der Waals surface area contributed by atoms with Gasteiger partial charge >= 0.3 is 5.97 Å². The predicted octanol–water partition coefficient (Wildman–Crippen LogP) is 2.63. The molecule has 0 bridgehead atoms. The Morgan fingerprint density at radius 1 is 1.00 bits per heavy atom. The molecule has 6 heteroatoms. The van der Waals surface area contributed by atoms with Gasteiger partial charge in [-0.1, -0.05) is 43.3 Å². The van der Waals surface area contributed by atoms with E-state index < -0.39 is 24.3 Å². The Balaban J connectivity index is 1.71. The minimum absolute atomic E-state index is 0.0312. The Labute approximate surface area is 145 Å². The first-order chi connectivity index (χ1) is 12.1. The number of para-hydroxylation sites is 1. The lowest BCUT2D eigenvalue weighted by Crippen LogP contribution is -2.29. The van der Waals surface area contributed by atoms with Gasteiger partial charge in [0.15, 0.2) is 13.2 Å². The van der Waals surface area contributed by atoms with Crippen LogP contribution < -0.4 is 10.1 Å². The molecule has 0 unspecified atom stereocenters. The van der Waals surface area contributed by atoms with Gasteiger partial charge in [0.25, 0.3) is 5.91 Å². The molecule has 0 aromatic heterocycles. The first-order valence-electron chi connectivity index (χ1n) is 7.96. The summed E-state index contributed by atoms with van der Waals surface area (Å²) in [6.45, 7) is 1.30. The molecule has 132 valence electrons. The van der Waals surface area contributed by atoms with Gasteiger partial charge in [-0.3, -0.25) is 4.79 Å². The first kappa shape index (κ1) is 18.4. The minimum Gasteiger partial charge on any atom is -0.482 e. The maximum atomic E-state index is 13.4. The number of halogens is 1. The van der Waals surface area contributed by atoms with Gasteiger partial charge in [-0.15, -0.1) is 0 Å². The molecule has 0 aliphatic carbocycles. The third kappa shape index (κ3) is 5.91. The molecule has 0 heterocycles. The lowest BCUT2D eigenvalue weighted by Gasteiger charge is -2.10. The summed E-state index contributed by atoms with van der Waals surface area (Å²) in [5.74, 6) is -0.939. The van der Waals surface area contributed by atoms with Crippen molar-refractivity contribution in [3.8, 4) is 5.75 Å². The molecule has 5 nitrogen and oxygen atoms in total. The average Bonchev–Trinajstić information content (AvgIpc) is 2.64. The zero-order valence-electron chi connectivity index (χ0n) is 14.0. The topological polar surface area (TPSA) is 64.6 Å². The summed E-state index contributed by atoms with van der Waals surface area (Å²) in [5.41, 5.74) is 1.35. The van der Waals surface area contributed by atoms with E-state index in [0.717, 1.165) is 12.0 Å². The third-order valence-electron chi connectivity index (χ3n) is 3.50. The molecule has 1 amide bonds. The monoisotopic (exact) mass is 345 g/mol. The molecule has 0 atom stereocenters. The van der Waals surface area contributed by atoms with Crippen LogP contribution in [0.3, 0.4) is 0 Å². The SMILES string of the molecule is CCc1ccccc1OCC(=O)OCC(=O)NCc1ccccc1F. The second-order valence-electron chi connectivity index (χ2n) is 5.28. The second-order valence-corrected chi connectivity index (χ2v) is 5.28. The molecule has 1 N–H and O–H groups in total. The highest BCUT2D eigenvalue weighted by molar-refractivity contribution is 5.80. The van der Waals surface area contributed by atoms with Crippen LogP contribution in [0.25, 0.3) is 0 Å². The average molecular weight is 345 g/mol. The molecule has 2 aromatic carbocycles. The number of rotatable bonds is 8. The normalized spacial score (nSPS) is 10.2. The molecular weight excluding hydrogens is 325 g/mol. The number of carbonyl (C=O) groups excluding carboxylic acids is 2. The Morgan fingerprint density at radius 3 is 2.40 bits per heavy atom. The van der Waals surface area contributed by atoms with E-state index in [2.05, 4.69) is 5.32 Å². The van der Waals surface area contributed by atoms with Crippen molar-refractivity contribution < 1.29 is 23.5 Å². The molecule has 2 rings (SSSR count). The van der Waals surface area contributed by atoms with Gasteiger partial charge in [0.2, 0.25) is 0 Å². The van der Waals surface area contributed by atoms with Crippen molar-refractivity contribution in [3.63, 3.8) is 0 Å². The summed E-state index contributed by atoms with van der Waals surface area (Å²) in [6.07, 6.45) is 0.781. The Bertz CT molecular complexity index is 733. The number of esters is 1. The second kappa shape index (κ2) is 9.42. The zero-order valence-corrected chi connectivity index (χ0v) is 14.0. The van der Waals surface area contributed by atoms with Crippen LogP contribution in [0.2, 0.25) is 0 Å². The van der Waals surface area contributed by atoms with Gasteiger partial charge in [-0.25, -0.2) is 9.18 Å². The standard InChI is InChI=1S/C19H20FNO4/c1-2-14-7-4-6-10-17(14)24-13-19(23)25-12-18(22)21-11-15-8-3-5-9-16(15)20/h3-10H,2,11-13H2,1H3,(H,21,22). The van der Waals surface area contributed by atoms with Gasteiger partial charge in [-0.05, 0) is 24.1 Å². The number of aryl methyl sites for hydroxylation is 1. The van der Waals surface area contributed by atoms with E-state index in [9.17, 15) is 14.0 Å². The highest BCUT2D eigenvalue weighted by atomic mass is 19.1. The van der Waals surface area contributed by atoms with E-state index in [-0.39, 0.29) is 13.2 Å². The lowest BCUT2D eigenvalue weighted by atomic mass is 10.1. The number of nitrogens with one attached hydrogen (secondary N) is 1. The van der Waals surface area contributed by atoms with Crippen LogP contribution in [-0.4, -0.2) is 25.1 Å². The molecule has 0 spiro atoms. The number of amides is 1. The maximum Gasteiger partial charge on any atom is 0.344 e. The van der Waals surface area contributed by atoms with Crippen LogP contribution >= 0.6 is 0 Å². The fourth-order valence-electron chi connectivity index (χ4n) is 2.15. The van der Waals surface area contributed by atoms with Crippen molar-refractivity contribution in [3.05, 3.63) is 65.5 Å². The van der Waals surface area contributed by atoms with Crippen molar-refractivity contribution in [2.24, 2.45) is 0 Å². The minimum atomic E-state index is -0.646. The maximum absolute atomic E-state index is 13.4. The summed E-state index contributed by atoms with van der Waals surface area (Å²) < 4.78 is 23.7. The third-order valence-corrected chi connectivity index (χ3v) is 3.50. The molecule has 0 aliphatic heterocycles. The summed E-state index contributed by atoms with van der Waals surface area (Å²) in [6, 6.07) is 13.5. The van der Waals surface area contributed by atoms with E-state index in [0.29, 0.717) is 11.3 Å². The lowest BCUT2D eigenvalue weighted by molar-refractivity contribution is -0.150. The van der Waals surface area contributed by atoms with Gasteiger partial charge in [0.1, 0.15) is 11.6 Å². The molecule has 0 saturated carbocycles.